The van der Waals surface area contributed by atoms with Crippen LogP contribution in [0, 0.1) is 0 Å². The first-order valence-corrected chi connectivity index (χ1v) is 4.52. The number of hydrogen-bond acceptors (Lipinski definition) is 6. The molecule has 0 aliphatic rings. The first-order valence-electron chi connectivity index (χ1n) is 3.64. The number of H-pyrrole nitrogens is 1. The summed E-state index contributed by atoms with van der Waals surface area (Å²) in [6.45, 7) is 0. The molecule has 2 rings (SSSR count). The molecule has 8 heteroatoms. The lowest BCUT2D eigenvalue weighted by Crippen LogP contribution is -2.14. The summed E-state index contributed by atoms with van der Waals surface area (Å²) >= 11 is 1.31. The van der Waals surface area contributed by atoms with Gasteiger partial charge in [0.2, 0.25) is 0 Å². The number of amides is 1. The summed E-state index contributed by atoms with van der Waals surface area (Å²) in [6.07, 6.45) is 1.59. The summed E-state index contributed by atoms with van der Waals surface area (Å²) in [4.78, 5) is 15.3. The van der Waals surface area contributed by atoms with E-state index in [4.69, 9.17) is 5.73 Å². The highest BCUT2D eigenvalue weighted by Crippen LogP contribution is 2.12. The number of aromatic nitrogens is 4. The van der Waals surface area contributed by atoms with E-state index in [0.717, 1.165) is 0 Å². The van der Waals surface area contributed by atoms with E-state index in [2.05, 4.69) is 25.7 Å². The van der Waals surface area contributed by atoms with E-state index >= 15 is 0 Å². The minimum atomic E-state index is -0.425. The van der Waals surface area contributed by atoms with Crippen LogP contribution in [0.2, 0.25) is 0 Å². The summed E-state index contributed by atoms with van der Waals surface area (Å²) in [5.41, 5.74) is 5.46. The second-order valence-corrected chi connectivity index (χ2v) is 3.24. The Balaban J connectivity index is 2.14. The van der Waals surface area contributed by atoms with Crippen LogP contribution in [0.3, 0.4) is 0 Å². The van der Waals surface area contributed by atoms with Gasteiger partial charge in [-0.25, -0.2) is 4.98 Å². The molecule has 0 saturated heterocycles. The zero-order valence-electron chi connectivity index (χ0n) is 6.89. The molecule has 0 fully saturated rings. The van der Waals surface area contributed by atoms with Crippen LogP contribution >= 0.6 is 11.3 Å². The third kappa shape index (κ3) is 1.55. The fourth-order valence-corrected chi connectivity index (χ4v) is 1.37. The van der Waals surface area contributed by atoms with Gasteiger partial charge in [0.25, 0.3) is 5.91 Å². The number of nitrogens with two attached hydrogens (primary N) is 1. The van der Waals surface area contributed by atoms with Crippen molar-refractivity contribution in [2.24, 2.45) is 0 Å². The Morgan fingerprint density at radius 3 is 3.00 bits per heavy atom. The molecule has 2 aromatic rings. The van der Waals surface area contributed by atoms with Crippen LogP contribution in [0.15, 0.2) is 11.6 Å². The standard InChI is InChI=1S/C6H6N6OS/c7-4-3(10-12-11-4)5(13)9-6-8-1-2-14-6/h1-2H,(H,8,9,13)(H3,7,10,11,12). The average molecular weight is 210 g/mol. The molecule has 0 atom stereocenters. The minimum absolute atomic E-state index is 0.0686. The fourth-order valence-electron chi connectivity index (χ4n) is 0.848. The molecule has 14 heavy (non-hydrogen) atoms. The van der Waals surface area contributed by atoms with Crippen LogP contribution in [0.4, 0.5) is 10.9 Å². The van der Waals surface area contributed by atoms with E-state index in [-0.39, 0.29) is 11.5 Å². The van der Waals surface area contributed by atoms with Crippen LogP contribution in [-0.2, 0) is 0 Å². The number of nitrogens with zero attached hydrogens (tertiary/aromatic N) is 3. The molecule has 72 valence electrons. The van der Waals surface area contributed by atoms with Crippen molar-refractivity contribution in [3.05, 3.63) is 17.3 Å². The highest BCUT2D eigenvalue weighted by Gasteiger charge is 2.14. The van der Waals surface area contributed by atoms with Crippen molar-refractivity contribution in [1.82, 2.24) is 20.4 Å². The smallest absolute Gasteiger partial charge is 0.281 e. The summed E-state index contributed by atoms with van der Waals surface area (Å²) in [6, 6.07) is 0. The number of hydrogen-bond donors (Lipinski definition) is 3. The molecule has 0 aromatic carbocycles. The molecular weight excluding hydrogens is 204 g/mol. The van der Waals surface area contributed by atoms with Gasteiger partial charge in [-0.15, -0.1) is 21.5 Å². The van der Waals surface area contributed by atoms with Gasteiger partial charge < -0.3 is 5.73 Å². The number of nitrogen functional groups attached to an aromatic ring is 1. The van der Waals surface area contributed by atoms with Crippen LogP contribution in [-0.4, -0.2) is 26.3 Å². The maximum absolute atomic E-state index is 11.4. The van der Waals surface area contributed by atoms with Crippen LogP contribution in [0.5, 0.6) is 0 Å². The lowest BCUT2D eigenvalue weighted by atomic mass is 10.4. The normalized spacial score (nSPS) is 10.0. The number of thiazole rings is 1. The quantitative estimate of drug-likeness (QED) is 0.651. The number of aromatic amines is 1. The van der Waals surface area contributed by atoms with Crippen molar-refractivity contribution >= 4 is 28.2 Å². The molecule has 0 spiro atoms. The molecular formula is C6H6N6OS. The Bertz CT molecular complexity index is 435. The molecule has 1 amide bonds. The van der Waals surface area contributed by atoms with Crippen LogP contribution in [0.25, 0.3) is 0 Å². The first-order chi connectivity index (χ1) is 6.77. The lowest BCUT2D eigenvalue weighted by molar-refractivity contribution is 0.102. The first kappa shape index (κ1) is 8.63. The summed E-state index contributed by atoms with van der Waals surface area (Å²) in [5, 5.41) is 14.2. The zero-order chi connectivity index (χ0) is 9.97. The fraction of sp³-hybridized carbons (Fsp3) is 0. The van der Waals surface area contributed by atoms with E-state index in [0.29, 0.717) is 5.13 Å². The maximum Gasteiger partial charge on any atom is 0.281 e. The van der Waals surface area contributed by atoms with Gasteiger partial charge in [-0.1, -0.05) is 0 Å². The second-order valence-electron chi connectivity index (χ2n) is 2.35. The van der Waals surface area contributed by atoms with Gasteiger partial charge in [0.1, 0.15) is 0 Å². The monoisotopic (exact) mass is 210 g/mol. The molecule has 4 N–H and O–H groups in total. The van der Waals surface area contributed by atoms with Gasteiger partial charge >= 0.3 is 0 Å². The molecule has 0 saturated carbocycles. The van der Waals surface area contributed by atoms with Gasteiger partial charge in [0.05, 0.1) is 0 Å². The highest BCUT2D eigenvalue weighted by atomic mass is 32.1. The summed E-state index contributed by atoms with van der Waals surface area (Å²) in [7, 11) is 0. The molecule has 2 heterocycles. The zero-order valence-corrected chi connectivity index (χ0v) is 7.71. The molecule has 2 aromatic heterocycles. The van der Waals surface area contributed by atoms with Crippen molar-refractivity contribution < 1.29 is 4.79 Å². The van der Waals surface area contributed by atoms with Gasteiger partial charge in [0, 0.05) is 11.6 Å². The number of nitrogens with one attached hydrogen (secondary N) is 2. The number of carbonyl (C=O) groups is 1. The van der Waals surface area contributed by atoms with E-state index in [1.54, 1.807) is 11.6 Å². The number of anilines is 2. The largest absolute Gasteiger partial charge is 0.380 e. The Hall–Kier alpha value is -1.96. The van der Waals surface area contributed by atoms with Gasteiger partial charge in [0.15, 0.2) is 16.6 Å². The second kappa shape index (κ2) is 3.42. The van der Waals surface area contributed by atoms with E-state index in [1.165, 1.54) is 11.3 Å². The summed E-state index contributed by atoms with van der Waals surface area (Å²) in [5.74, 6) is -0.356. The molecule has 0 unspecified atom stereocenters. The molecule has 0 bridgehead atoms. The topological polar surface area (TPSA) is 110 Å². The van der Waals surface area contributed by atoms with E-state index in [9.17, 15) is 4.79 Å². The Labute approximate surface area is 82.4 Å². The lowest BCUT2D eigenvalue weighted by Gasteiger charge is -1.96. The SMILES string of the molecule is Nc1n[nH]nc1C(=O)Nc1nccs1. The summed E-state index contributed by atoms with van der Waals surface area (Å²) < 4.78 is 0. The predicted molar refractivity (Wildman–Crippen MR) is 50.9 cm³/mol. The highest BCUT2D eigenvalue weighted by molar-refractivity contribution is 7.13. The predicted octanol–water partition coefficient (Wildman–Crippen LogP) is 0.0957. The molecule has 7 nitrogen and oxygen atoms in total. The molecule has 0 radical (unpaired) electrons. The van der Waals surface area contributed by atoms with Crippen molar-refractivity contribution in [2.75, 3.05) is 11.1 Å². The molecule has 0 aliphatic carbocycles. The Morgan fingerprint density at radius 1 is 1.57 bits per heavy atom. The van der Waals surface area contributed by atoms with Crippen LogP contribution in [0.1, 0.15) is 10.5 Å². The van der Waals surface area contributed by atoms with Crippen molar-refractivity contribution in [3.63, 3.8) is 0 Å². The van der Waals surface area contributed by atoms with Crippen molar-refractivity contribution in [1.29, 1.82) is 0 Å². The van der Waals surface area contributed by atoms with Gasteiger partial charge in [-0.05, 0) is 0 Å². The van der Waals surface area contributed by atoms with E-state index < -0.39 is 5.91 Å². The van der Waals surface area contributed by atoms with Gasteiger partial charge in [-0.2, -0.15) is 5.21 Å². The Morgan fingerprint density at radius 2 is 2.43 bits per heavy atom. The van der Waals surface area contributed by atoms with Crippen molar-refractivity contribution in [2.45, 2.75) is 0 Å². The van der Waals surface area contributed by atoms with Crippen molar-refractivity contribution in [3.8, 4) is 0 Å². The number of rotatable bonds is 2. The Kier molecular flexibility index (Phi) is 2.11. The molecule has 0 aliphatic heterocycles. The number of carbonyl (C=O) groups excluding carboxylic acids is 1. The average Bonchev–Trinajstić information content (AvgIpc) is 2.75. The minimum Gasteiger partial charge on any atom is -0.380 e. The van der Waals surface area contributed by atoms with Crippen LogP contribution < -0.4 is 11.1 Å². The third-order valence-corrected chi connectivity index (χ3v) is 2.13. The maximum atomic E-state index is 11.4. The third-order valence-electron chi connectivity index (χ3n) is 1.44. The van der Waals surface area contributed by atoms with Gasteiger partial charge in [-0.3, -0.25) is 10.1 Å². The van der Waals surface area contributed by atoms with E-state index in [1.807, 2.05) is 0 Å².